The van der Waals surface area contributed by atoms with Crippen LogP contribution < -0.4 is 20.7 Å². The first-order valence-corrected chi connectivity index (χ1v) is 11.4. The number of hydrogen-bond acceptors (Lipinski definition) is 8. The van der Waals surface area contributed by atoms with E-state index >= 15 is 0 Å². The highest BCUT2D eigenvalue weighted by molar-refractivity contribution is 7.99. The lowest BCUT2D eigenvalue weighted by Gasteiger charge is -2.13. The number of pyridine rings is 1. The van der Waals surface area contributed by atoms with Gasteiger partial charge in [0.05, 0.1) is 31.0 Å². The highest BCUT2D eigenvalue weighted by Crippen LogP contribution is 2.38. The number of hydrogen-bond donors (Lipinski definition) is 1. The second kappa shape index (κ2) is 8.55. The summed E-state index contributed by atoms with van der Waals surface area (Å²) in [5.41, 5.74) is 0.214. The molecule has 0 saturated heterocycles. The lowest BCUT2D eigenvalue weighted by Crippen LogP contribution is -2.22. The number of aryl methyl sites for hydroxylation is 2. The zero-order valence-electron chi connectivity index (χ0n) is 19.4. The summed E-state index contributed by atoms with van der Waals surface area (Å²) in [6.45, 7) is 1.75. The van der Waals surface area contributed by atoms with Crippen molar-refractivity contribution in [1.82, 2.24) is 14.3 Å². The molecule has 0 bridgehead atoms. The van der Waals surface area contributed by atoms with Crippen LogP contribution >= 0.6 is 11.8 Å². The van der Waals surface area contributed by atoms with Gasteiger partial charge in [-0.25, -0.2) is 4.79 Å². The zero-order chi connectivity index (χ0) is 24.9. The van der Waals surface area contributed by atoms with Crippen LogP contribution in [0.1, 0.15) is 5.69 Å². The Bertz CT molecular complexity index is 1720. The fourth-order valence-corrected chi connectivity index (χ4v) is 4.98. The number of aromatic hydroxyl groups is 1. The maximum absolute atomic E-state index is 13.8. The minimum absolute atomic E-state index is 0.00199. The van der Waals surface area contributed by atoms with Gasteiger partial charge in [-0.1, -0.05) is 17.8 Å². The van der Waals surface area contributed by atoms with E-state index in [1.807, 2.05) is 0 Å². The molecule has 10 heteroatoms. The van der Waals surface area contributed by atoms with Gasteiger partial charge in [-0.05, 0) is 49.4 Å². The first kappa shape index (κ1) is 22.6. The molecular weight excluding hydrogens is 470 g/mol. The van der Waals surface area contributed by atoms with E-state index < -0.39 is 16.9 Å². The number of methoxy groups -OCH3 is 2. The SMILES string of the molecule is COc1ccc(-n2c(=O)c3c(O)c(Sc4cccc(OC)c4)c(=O)oc3c3c(C)nn(C)c32)cc1. The van der Waals surface area contributed by atoms with Crippen molar-refractivity contribution < 1.29 is 19.0 Å². The molecule has 3 aromatic heterocycles. The summed E-state index contributed by atoms with van der Waals surface area (Å²) >= 11 is 0.994. The summed E-state index contributed by atoms with van der Waals surface area (Å²) < 4.78 is 19.1. The van der Waals surface area contributed by atoms with Gasteiger partial charge in [-0.15, -0.1) is 0 Å². The van der Waals surface area contributed by atoms with Crippen LogP contribution in [0.2, 0.25) is 0 Å². The fraction of sp³-hybridized carbons (Fsp3) is 0.160. The zero-order valence-corrected chi connectivity index (χ0v) is 20.2. The molecule has 3 heterocycles. The molecule has 5 aromatic rings. The molecule has 0 unspecified atom stereocenters. The molecule has 2 aromatic carbocycles. The fourth-order valence-electron chi connectivity index (χ4n) is 4.10. The number of fused-ring (bicyclic) bond motifs is 3. The summed E-state index contributed by atoms with van der Waals surface area (Å²) in [4.78, 5) is 27.4. The largest absolute Gasteiger partial charge is 0.505 e. The van der Waals surface area contributed by atoms with Crippen molar-refractivity contribution in [2.75, 3.05) is 14.2 Å². The van der Waals surface area contributed by atoms with Gasteiger partial charge in [0.25, 0.3) is 5.56 Å². The van der Waals surface area contributed by atoms with Crippen LogP contribution in [0.25, 0.3) is 27.7 Å². The van der Waals surface area contributed by atoms with Crippen LogP contribution in [-0.2, 0) is 7.05 Å². The Morgan fingerprint density at radius 3 is 2.40 bits per heavy atom. The van der Waals surface area contributed by atoms with Crippen molar-refractivity contribution in [3.05, 3.63) is 75.0 Å². The molecule has 0 atom stereocenters. The van der Waals surface area contributed by atoms with Crippen molar-refractivity contribution in [3.8, 4) is 22.9 Å². The first-order valence-electron chi connectivity index (χ1n) is 10.6. The predicted octanol–water partition coefficient (Wildman–Crippen LogP) is 4.01. The van der Waals surface area contributed by atoms with E-state index in [1.165, 1.54) is 11.7 Å². The van der Waals surface area contributed by atoms with Gasteiger partial charge in [0.1, 0.15) is 27.4 Å². The number of aromatic nitrogens is 3. The van der Waals surface area contributed by atoms with Crippen LogP contribution in [0.4, 0.5) is 0 Å². The molecule has 0 aliphatic heterocycles. The van der Waals surface area contributed by atoms with Crippen LogP contribution in [0.3, 0.4) is 0 Å². The average Bonchev–Trinajstić information content (AvgIpc) is 3.15. The van der Waals surface area contributed by atoms with Crippen LogP contribution in [0, 0.1) is 6.92 Å². The summed E-state index contributed by atoms with van der Waals surface area (Å²) in [5.74, 6) is 0.779. The molecule has 0 amide bonds. The number of ether oxygens (including phenoxy) is 2. The lowest BCUT2D eigenvalue weighted by molar-refractivity contribution is 0.413. The summed E-state index contributed by atoms with van der Waals surface area (Å²) in [6.07, 6.45) is 0. The standard InChI is InChI=1S/C25H21N3O6S/c1-13-18-21-19(20(29)22(25(31)34-21)35-17-7-5-6-16(12-17)33-4)24(30)28(23(18)27(2)26-13)14-8-10-15(32-3)11-9-14/h5-12,29H,1-4H3. The van der Waals surface area contributed by atoms with Crippen LogP contribution in [0.5, 0.6) is 17.2 Å². The second-order valence-electron chi connectivity index (χ2n) is 7.80. The van der Waals surface area contributed by atoms with Gasteiger partial charge in [0, 0.05) is 11.9 Å². The van der Waals surface area contributed by atoms with Gasteiger partial charge in [0.15, 0.2) is 11.3 Å². The molecule has 0 aliphatic carbocycles. The van der Waals surface area contributed by atoms with Gasteiger partial charge in [0.2, 0.25) is 0 Å². The Labute approximate surface area is 203 Å². The molecule has 0 aliphatic rings. The monoisotopic (exact) mass is 491 g/mol. The molecule has 0 radical (unpaired) electrons. The van der Waals surface area contributed by atoms with E-state index in [9.17, 15) is 14.7 Å². The molecule has 178 valence electrons. The van der Waals surface area contributed by atoms with Crippen molar-refractivity contribution in [3.63, 3.8) is 0 Å². The lowest BCUT2D eigenvalue weighted by atomic mass is 10.1. The molecular formula is C25H21N3O6S. The van der Waals surface area contributed by atoms with Crippen molar-refractivity contribution in [2.45, 2.75) is 16.7 Å². The van der Waals surface area contributed by atoms with E-state index in [0.29, 0.717) is 38.8 Å². The Kier molecular flexibility index (Phi) is 5.52. The quantitative estimate of drug-likeness (QED) is 0.393. The minimum Gasteiger partial charge on any atom is -0.505 e. The molecule has 0 fully saturated rings. The Balaban J connectivity index is 1.84. The van der Waals surface area contributed by atoms with E-state index in [1.54, 1.807) is 74.3 Å². The molecule has 9 nitrogen and oxygen atoms in total. The predicted molar refractivity (Wildman–Crippen MR) is 132 cm³/mol. The van der Waals surface area contributed by atoms with E-state index in [4.69, 9.17) is 13.9 Å². The Hall–Kier alpha value is -4.18. The van der Waals surface area contributed by atoms with Crippen molar-refractivity contribution in [2.24, 2.45) is 7.05 Å². The van der Waals surface area contributed by atoms with E-state index in [-0.39, 0.29) is 15.9 Å². The molecule has 5 rings (SSSR count). The number of benzene rings is 2. The second-order valence-corrected chi connectivity index (χ2v) is 8.88. The molecule has 0 spiro atoms. The molecule has 0 saturated carbocycles. The van der Waals surface area contributed by atoms with Crippen molar-refractivity contribution in [1.29, 1.82) is 0 Å². The smallest absolute Gasteiger partial charge is 0.354 e. The van der Waals surface area contributed by atoms with Crippen LogP contribution in [-0.4, -0.2) is 33.7 Å². The maximum atomic E-state index is 13.8. The average molecular weight is 492 g/mol. The highest BCUT2D eigenvalue weighted by Gasteiger charge is 2.26. The minimum atomic E-state index is -0.756. The Morgan fingerprint density at radius 1 is 1.00 bits per heavy atom. The van der Waals surface area contributed by atoms with Gasteiger partial charge >= 0.3 is 5.63 Å². The third kappa shape index (κ3) is 3.62. The number of nitrogens with zero attached hydrogens (tertiary/aromatic N) is 3. The third-order valence-corrected chi connectivity index (χ3v) is 6.75. The van der Waals surface area contributed by atoms with E-state index in [0.717, 1.165) is 11.8 Å². The first-order chi connectivity index (χ1) is 16.8. The molecule has 35 heavy (non-hydrogen) atoms. The maximum Gasteiger partial charge on any atom is 0.354 e. The third-order valence-electron chi connectivity index (χ3n) is 5.70. The van der Waals surface area contributed by atoms with Gasteiger partial charge in [-0.2, -0.15) is 5.10 Å². The summed E-state index contributed by atoms with van der Waals surface area (Å²) in [6, 6.07) is 13.9. The highest BCUT2D eigenvalue weighted by atomic mass is 32.2. The van der Waals surface area contributed by atoms with Crippen LogP contribution in [0.15, 0.2) is 72.3 Å². The van der Waals surface area contributed by atoms with Crippen molar-refractivity contribution >= 4 is 33.8 Å². The number of rotatable bonds is 5. The summed E-state index contributed by atoms with van der Waals surface area (Å²) in [5, 5.41) is 16.0. The summed E-state index contributed by atoms with van der Waals surface area (Å²) in [7, 11) is 4.79. The Morgan fingerprint density at radius 2 is 1.71 bits per heavy atom. The normalized spacial score (nSPS) is 11.3. The topological polar surface area (TPSA) is 109 Å². The van der Waals surface area contributed by atoms with E-state index in [2.05, 4.69) is 5.10 Å². The van der Waals surface area contributed by atoms with Gasteiger partial charge in [-0.3, -0.25) is 14.0 Å². The molecule has 1 N–H and O–H groups in total. The van der Waals surface area contributed by atoms with Gasteiger partial charge < -0.3 is 19.0 Å².